The highest BCUT2D eigenvalue weighted by Gasteiger charge is 2.36. The fourth-order valence-electron chi connectivity index (χ4n) is 4.74. The monoisotopic (exact) mass is 330 g/mol. The van der Waals surface area contributed by atoms with Gasteiger partial charge in [-0.15, -0.1) is 10.2 Å². The van der Waals surface area contributed by atoms with Crippen molar-refractivity contribution in [1.82, 2.24) is 20.1 Å². The molecule has 0 amide bonds. The Labute approximate surface area is 144 Å². The molecule has 5 heteroatoms. The van der Waals surface area contributed by atoms with Crippen LogP contribution >= 0.6 is 0 Å². The van der Waals surface area contributed by atoms with Crippen molar-refractivity contribution in [3.63, 3.8) is 0 Å². The van der Waals surface area contributed by atoms with E-state index in [2.05, 4.69) is 15.5 Å². The topological polar surface area (TPSA) is 63.0 Å². The van der Waals surface area contributed by atoms with Crippen molar-refractivity contribution < 1.29 is 5.11 Å². The summed E-state index contributed by atoms with van der Waals surface area (Å²) < 4.78 is 1.99. The van der Waals surface area contributed by atoms with Crippen LogP contribution in [-0.4, -0.2) is 38.6 Å². The fourth-order valence-corrected chi connectivity index (χ4v) is 4.74. The number of rotatable bonds is 4. The van der Waals surface area contributed by atoms with E-state index in [0.29, 0.717) is 17.9 Å². The van der Waals surface area contributed by atoms with Crippen LogP contribution in [-0.2, 0) is 7.05 Å². The van der Waals surface area contributed by atoms with E-state index in [1.54, 1.807) is 17.5 Å². The van der Waals surface area contributed by atoms with Gasteiger partial charge in [-0.2, -0.15) is 0 Å². The van der Waals surface area contributed by atoms with Gasteiger partial charge in [0.25, 0.3) is 0 Å². The largest absolute Gasteiger partial charge is 0.393 e. The Morgan fingerprint density at radius 1 is 1.17 bits per heavy atom. The van der Waals surface area contributed by atoms with Gasteiger partial charge >= 0.3 is 0 Å². The molecule has 0 radical (unpaired) electrons. The molecule has 3 saturated carbocycles. The van der Waals surface area contributed by atoms with Crippen LogP contribution < -0.4 is 5.32 Å². The Hall–Kier alpha value is -1.20. The van der Waals surface area contributed by atoms with Crippen LogP contribution in [0, 0.1) is 5.92 Å². The summed E-state index contributed by atoms with van der Waals surface area (Å²) in [4.78, 5) is 0. The SMILES string of the molecule is Cn1cnnc1[C@H]1C[C@H](CNC2CCC(=C3CCC3)CC2)[C@H](O)C1. The molecule has 3 aliphatic carbocycles. The molecule has 0 unspecified atom stereocenters. The molecule has 0 aromatic carbocycles. The first-order valence-electron chi connectivity index (χ1n) is 9.66. The normalized spacial score (nSPS) is 33.8. The van der Waals surface area contributed by atoms with Crippen molar-refractivity contribution in [2.45, 2.75) is 75.9 Å². The number of aryl methyl sites for hydroxylation is 1. The number of aromatic nitrogens is 3. The number of nitrogens with zero attached hydrogens (tertiary/aromatic N) is 3. The Morgan fingerprint density at radius 2 is 1.92 bits per heavy atom. The third kappa shape index (κ3) is 3.29. The predicted octanol–water partition coefficient (Wildman–Crippen LogP) is 2.68. The molecule has 4 rings (SSSR count). The van der Waals surface area contributed by atoms with Crippen LogP contribution in [0.5, 0.6) is 0 Å². The summed E-state index contributed by atoms with van der Waals surface area (Å²) in [5, 5.41) is 22.4. The van der Waals surface area contributed by atoms with Crippen molar-refractivity contribution >= 4 is 0 Å². The van der Waals surface area contributed by atoms with Crippen LogP contribution in [0.1, 0.15) is 69.5 Å². The van der Waals surface area contributed by atoms with Gasteiger partial charge in [0.1, 0.15) is 12.2 Å². The summed E-state index contributed by atoms with van der Waals surface area (Å²) in [5.74, 6) is 1.71. The molecule has 1 aromatic heterocycles. The first kappa shape index (κ1) is 16.3. The lowest BCUT2D eigenvalue weighted by Gasteiger charge is -2.30. The van der Waals surface area contributed by atoms with Crippen molar-refractivity contribution in [2.24, 2.45) is 13.0 Å². The van der Waals surface area contributed by atoms with E-state index < -0.39 is 0 Å². The van der Waals surface area contributed by atoms with Gasteiger partial charge in [0.2, 0.25) is 0 Å². The maximum Gasteiger partial charge on any atom is 0.135 e. The molecule has 1 aromatic rings. The van der Waals surface area contributed by atoms with Gasteiger partial charge < -0.3 is 15.0 Å². The molecule has 3 atom stereocenters. The molecule has 0 bridgehead atoms. The number of hydrogen-bond donors (Lipinski definition) is 2. The second-order valence-corrected chi connectivity index (χ2v) is 8.04. The lowest BCUT2D eigenvalue weighted by Crippen LogP contribution is -2.37. The van der Waals surface area contributed by atoms with Crippen LogP contribution in [0.15, 0.2) is 17.5 Å². The van der Waals surface area contributed by atoms with Gasteiger partial charge in [-0.25, -0.2) is 0 Å². The van der Waals surface area contributed by atoms with Gasteiger partial charge in [-0.1, -0.05) is 11.1 Å². The van der Waals surface area contributed by atoms with Gasteiger partial charge in [-0.3, -0.25) is 0 Å². The van der Waals surface area contributed by atoms with Crippen LogP contribution in [0.3, 0.4) is 0 Å². The summed E-state index contributed by atoms with van der Waals surface area (Å²) >= 11 is 0. The molecule has 0 saturated heterocycles. The maximum atomic E-state index is 10.4. The molecule has 1 heterocycles. The quantitative estimate of drug-likeness (QED) is 0.833. The zero-order chi connectivity index (χ0) is 16.5. The number of aliphatic hydroxyl groups is 1. The van der Waals surface area contributed by atoms with Crippen molar-refractivity contribution in [3.05, 3.63) is 23.3 Å². The molecule has 132 valence electrons. The van der Waals surface area contributed by atoms with Gasteiger partial charge in [0.05, 0.1) is 6.10 Å². The number of allylic oxidation sites excluding steroid dienone is 2. The van der Waals surface area contributed by atoms with Crippen LogP contribution in [0.4, 0.5) is 0 Å². The highest BCUT2D eigenvalue weighted by Crippen LogP contribution is 2.38. The second kappa shape index (κ2) is 6.96. The number of aliphatic hydroxyl groups excluding tert-OH is 1. The average molecular weight is 330 g/mol. The molecular weight excluding hydrogens is 300 g/mol. The lowest BCUT2D eigenvalue weighted by molar-refractivity contribution is 0.128. The highest BCUT2D eigenvalue weighted by molar-refractivity contribution is 5.21. The zero-order valence-electron chi connectivity index (χ0n) is 14.7. The number of nitrogens with one attached hydrogen (secondary N) is 1. The van der Waals surface area contributed by atoms with E-state index >= 15 is 0 Å². The molecule has 0 spiro atoms. The van der Waals surface area contributed by atoms with Crippen molar-refractivity contribution in [2.75, 3.05) is 6.54 Å². The lowest BCUT2D eigenvalue weighted by atomic mass is 9.80. The van der Waals surface area contributed by atoms with Gasteiger partial charge in [0, 0.05) is 25.6 Å². The summed E-state index contributed by atoms with van der Waals surface area (Å²) in [5.41, 5.74) is 3.54. The molecule has 5 nitrogen and oxygen atoms in total. The smallest absolute Gasteiger partial charge is 0.135 e. The van der Waals surface area contributed by atoms with E-state index in [-0.39, 0.29) is 6.10 Å². The molecule has 3 aliphatic rings. The highest BCUT2D eigenvalue weighted by atomic mass is 16.3. The summed E-state index contributed by atoms with van der Waals surface area (Å²) in [6.45, 7) is 0.937. The summed E-state index contributed by atoms with van der Waals surface area (Å²) in [7, 11) is 1.99. The van der Waals surface area contributed by atoms with Crippen LogP contribution in [0.2, 0.25) is 0 Å². The Morgan fingerprint density at radius 3 is 2.54 bits per heavy atom. The van der Waals surface area contributed by atoms with E-state index in [4.69, 9.17) is 0 Å². The molecule has 2 N–H and O–H groups in total. The van der Waals surface area contributed by atoms with Crippen molar-refractivity contribution in [1.29, 1.82) is 0 Å². The molecule has 24 heavy (non-hydrogen) atoms. The molecule has 3 fully saturated rings. The van der Waals surface area contributed by atoms with E-state index in [9.17, 15) is 5.11 Å². The number of hydrogen-bond acceptors (Lipinski definition) is 4. The standard InChI is InChI=1S/C19H30N4O/c1-23-12-21-22-19(23)15-9-16(18(24)10-15)11-20-17-7-5-14(6-8-17)13-3-2-4-13/h12,15-18,20,24H,2-11H2,1H3/t15-,16+,18+/m0/s1. The summed E-state index contributed by atoms with van der Waals surface area (Å²) in [6.07, 6.45) is 12.6. The van der Waals surface area contributed by atoms with Crippen molar-refractivity contribution in [3.8, 4) is 0 Å². The minimum atomic E-state index is -0.213. The average Bonchev–Trinajstić information content (AvgIpc) is 3.10. The molecule has 0 aliphatic heterocycles. The second-order valence-electron chi connectivity index (χ2n) is 8.04. The Balaban J connectivity index is 1.25. The molecular formula is C19H30N4O. The third-order valence-electron chi connectivity index (χ3n) is 6.48. The van der Waals surface area contributed by atoms with E-state index in [1.165, 1.54) is 44.9 Å². The maximum absolute atomic E-state index is 10.4. The third-order valence-corrected chi connectivity index (χ3v) is 6.48. The Kier molecular flexibility index (Phi) is 4.72. The minimum Gasteiger partial charge on any atom is -0.393 e. The predicted molar refractivity (Wildman–Crippen MR) is 93.6 cm³/mol. The first-order chi connectivity index (χ1) is 11.7. The van der Waals surface area contributed by atoms with E-state index in [1.807, 2.05) is 11.6 Å². The van der Waals surface area contributed by atoms with E-state index in [0.717, 1.165) is 25.2 Å². The zero-order valence-corrected chi connectivity index (χ0v) is 14.7. The Bertz CT molecular complexity index is 592. The minimum absolute atomic E-state index is 0.213. The fraction of sp³-hybridized carbons (Fsp3) is 0.789. The van der Waals surface area contributed by atoms with Gasteiger partial charge in [-0.05, 0) is 63.7 Å². The summed E-state index contributed by atoms with van der Waals surface area (Å²) in [6, 6.07) is 0.635. The van der Waals surface area contributed by atoms with Crippen LogP contribution in [0.25, 0.3) is 0 Å². The van der Waals surface area contributed by atoms with Gasteiger partial charge in [0.15, 0.2) is 0 Å². The first-order valence-corrected chi connectivity index (χ1v) is 9.66.